The lowest BCUT2D eigenvalue weighted by atomic mass is 10.0. The molecule has 98 valence electrons. The second-order valence-corrected chi connectivity index (χ2v) is 5.86. The molecule has 0 rings (SSSR count). The van der Waals surface area contributed by atoms with Crippen molar-refractivity contribution < 1.29 is 18.3 Å². The Hall–Kier alpha value is -1.13. The van der Waals surface area contributed by atoms with Crippen LogP contribution < -0.4 is 4.72 Å². The van der Waals surface area contributed by atoms with Gasteiger partial charge in [0, 0.05) is 6.04 Å². The molecule has 0 aromatic carbocycles. The van der Waals surface area contributed by atoms with Gasteiger partial charge in [0.25, 0.3) is 0 Å². The van der Waals surface area contributed by atoms with Gasteiger partial charge in [0.05, 0.1) is 12.0 Å². The Morgan fingerprint density at radius 1 is 1.41 bits per heavy atom. The van der Waals surface area contributed by atoms with E-state index in [-0.39, 0.29) is 6.04 Å². The summed E-state index contributed by atoms with van der Waals surface area (Å²) in [5, 5.41) is 16.9. The highest BCUT2D eigenvalue weighted by Crippen LogP contribution is 2.10. The summed E-state index contributed by atoms with van der Waals surface area (Å²) in [6.45, 7) is 3.31. The highest BCUT2D eigenvalue weighted by molar-refractivity contribution is 7.89. The number of sulfonamides is 1. The van der Waals surface area contributed by atoms with E-state index in [0.717, 1.165) is 0 Å². The maximum absolute atomic E-state index is 11.2. The highest BCUT2D eigenvalue weighted by atomic mass is 32.2. The first-order valence-corrected chi connectivity index (χ1v) is 7.03. The van der Waals surface area contributed by atoms with E-state index in [4.69, 9.17) is 10.4 Å². The van der Waals surface area contributed by atoms with E-state index < -0.39 is 27.7 Å². The number of rotatable bonds is 8. The third-order valence-electron chi connectivity index (χ3n) is 2.33. The predicted octanol–water partition coefficient (Wildman–Crippen LogP) is 0.709. The molecule has 17 heavy (non-hydrogen) atoms. The molecule has 0 aliphatic heterocycles. The Bertz CT molecular complexity index is 386. The zero-order chi connectivity index (χ0) is 13.5. The molecule has 0 aromatic heterocycles. The van der Waals surface area contributed by atoms with Crippen LogP contribution in [0.25, 0.3) is 0 Å². The first-order chi connectivity index (χ1) is 7.78. The van der Waals surface area contributed by atoms with Crippen LogP contribution in [0, 0.1) is 17.2 Å². The van der Waals surface area contributed by atoms with Crippen LogP contribution in [0.2, 0.25) is 0 Å². The maximum atomic E-state index is 11.2. The summed E-state index contributed by atoms with van der Waals surface area (Å²) in [4.78, 5) is 10.5. The molecular weight excluding hydrogens is 244 g/mol. The fraction of sp³-hybridized carbons (Fsp3) is 0.800. The van der Waals surface area contributed by atoms with Gasteiger partial charge >= 0.3 is 5.97 Å². The molecule has 2 N–H and O–H groups in total. The second-order valence-electron chi connectivity index (χ2n) is 4.11. The molecule has 0 spiro atoms. The summed E-state index contributed by atoms with van der Waals surface area (Å²) >= 11 is 0. The van der Waals surface area contributed by atoms with Gasteiger partial charge in [-0.05, 0) is 19.8 Å². The number of carboxylic acid groups (broad SMARTS) is 1. The Morgan fingerprint density at radius 3 is 2.47 bits per heavy atom. The minimum atomic E-state index is -3.53. The molecule has 2 unspecified atom stereocenters. The van der Waals surface area contributed by atoms with Crippen molar-refractivity contribution >= 4 is 16.0 Å². The molecule has 0 radical (unpaired) electrons. The van der Waals surface area contributed by atoms with Crippen molar-refractivity contribution in [3.63, 3.8) is 0 Å². The first kappa shape index (κ1) is 15.9. The molecule has 0 aliphatic rings. The van der Waals surface area contributed by atoms with Crippen LogP contribution >= 0.6 is 0 Å². The van der Waals surface area contributed by atoms with Gasteiger partial charge in [0.1, 0.15) is 0 Å². The van der Waals surface area contributed by atoms with E-state index in [2.05, 4.69) is 4.72 Å². The fourth-order valence-corrected chi connectivity index (χ4v) is 2.33. The fourth-order valence-electron chi connectivity index (χ4n) is 1.35. The molecule has 6 nitrogen and oxygen atoms in total. The normalized spacial score (nSPS) is 14.9. The molecule has 0 saturated heterocycles. The van der Waals surface area contributed by atoms with Crippen LogP contribution in [0.15, 0.2) is 0 Å². The van der Waals surface area contributed by atoms with Gasteiger partial charge in [-0.25, -0.2) is 13.1 Å². The average Bonchev–Trinajstić information content (AvgIpc) is 2.15. The highest BCUT2D eigenvalue weighted by Gasteiger charge is 2.15. The van der Waals surface area contributed by atoms with Crippen molar-refractivity contribution in [3.05, 3.63) is 0 Å². The Labute approximate surface area is 102 Å². The van der Waals surface area contributed by atoms with Gasteiger partial charge in [-0.3, -0.25) is 4.79 Å². The number of carbonyl (C=O) groups is 1. The van der Waals surface area contributed by atoms with Gasteiger partial charge in [-0.1, -0.05) is 13.3 Å². The van der Waals surface area contributed by atoms with Crippen molar-refractivity contribution in [2.45, 2.75) is 39.2 Å². The third kappa shape index (κ3) is 7.71. The van der Waals surface area contributed by atoms with Crippen molar-refractivity contribution in [2.24, 2.45) is 5.92 Å². The molecule has 7 heteroatoms. The molecule has 0 bridgehead atoms. The van der Waals surface area contributed by atoms with Gasteiger partial charge in [0.2, 0.25) is 10.0 Å². The van der Waals surface area contributed by atoms with Gasteiger partial charge in [-0.15, -0.1) is 0 Å². The molecule has 0 aliphatic carbocycles. The van der Waals surface area contributed by atoms with Gasteiger partial charge < -0.3 is 5.11 Å². The molecule has 0 amide bonds. The largest absolute Gasteiger partial charge is 0.481 e. The molecular formula is C10H18N2O4S. The van der Waals surface area contributed by atoms with Crippen LogP contribution in [-0.2, 0) is 14.8 Å². The molecule has 0 saturated carbocycles. The molecule has 0 fully saturated rings. The smallest absolute Gasteiger partial charge is 0.306 e. The minimum Gasteiger partial charge on any atom is -0.481 e. The van der Waals surface area contributed by atoms with Crippen molar-refractivity contribution in [1.29, 1.82) is 5.26 Å². The third-order valence-corrected chi connectivity index (χ3v) is 3.60. The quantitative estimate of drug-likeness (QED) is 0.669. The van der Waals surface area contributed by atoms with Crippen molar-refractivity contribution in [3.8, 4) is 6.07 Å². The molecule has 0 aromatic rings. The summed E-state index contributed by atoms with van der Waals surface area (Å²) in [5.74, 6) is -1.82. The van der Waals surface area contributed by atoms with E-state index >= 15 is 0 Å². The second kappa shape index (κ2) is 7.25. The first-order valence-electron chi connectivity index (χ1n) is 5.38. The van der Waals surface area contributed by atoms with Crippen molar-refractivity contribution in [1.82, 2.24) is 4.72 Å². The summed E-state index contributed by atoms with van der Waals surface area (Å²) in [6.07, 6.45) is 1.70. The lowest BCUT2D eigenvalue weighted by Crippen LogP contribution is -2.34. The van der Waals surface area contributed by atoms with Crippen LogP contribution in [-0.4, -0.2) is 31.3 Å². The van der Waals surface area contributed by atoms with Crippen molar-refractivity contribution in [2.75, 3.05) is 5.75 Å². The van der Waals surface area contributed by atoms with E-state index in [0.29, 0.717) is 19.3 Å². The topological polar surface area (TPSA) is 107 Å². The van der Waals surface area contributed by atoms with Crippen LogP contribution in [0.3, 0.4) is 0 Å². The number of aliphatic carboxylic acids is 1. The lowest BCUT2D eigenvalue weighted by Gasteiger charge is -2.13. The standard InChI is InChI=1S/C10H18N2O4S/c1-8(10(13)14)4-3-5-9(2)12-17(15,16)7-6-11/h8-9,12H,3-5,7H2,1-2H3,(H,13,14). The number of carboxylic acids is 1. The Balaban J connectivity index is 3.93. The summed E-state index contributed by atoms with van der Waals surface area (Å²) in [7, 11) is -3.53. The zero-order valence-corrected chi connectivity index (χ0v) is 10.8. The monoisotopic (exact) mass is 262 g/mol. The average molecular weight is 262 g/mol. The lowest BCUT2D eigenvalue weighted by molar-refractivity contribution is -0.141. The molecule has 0 heterocycles. The SMILES string of the molecule is CC(CCCC(C)C(=O)O)NS(=O)(=O)CC#N. The maximum Gasteiger partial charge on any atom is 0.306 e. The van der Waals surface area contributed by atoms with E-state index in [1.54, 1.807) is 19.9 Å². The number of nitrogens with one attached hydrogen (secondary N) is 1. The minimum absolute atomic E-state index is 0.283. The number of nitrogens with zero attached hydrogens (tertiary/aromatic N) is 1. The number of nitriles is 1. The van der Waals surface area contributed by atoms with Gasteiger partial charge in [0.15, 0.2) is 5.75 Å². The zero-order valence-electron chi connectivity index (χ0n) is 10.0. The van der Waals surface area contributed by atoms with Gasteiger partial charge in [-0.2, -0.15) is 5.26 Å². The number of hydrogen-bond donors (Lipinski definition) is 2. The van der Waals surface area contributed by atoms with Crippen LogP contribution in [0.4, 0.5) is 0 Å². The number of hydrogen-bond acceptors (Lipinski definition) is 4. The van der Waals surface area contributed by atoms with E-state index in [1.165, 1.54) is 0 Å². The van der Waals surface area contributed by atoms with E-state index in [1.807, 2.05) is 0 Å². The summed E-state index contributed by atoms with van der Waals surface area (Å²) in [6, 6.07) is 1.29. The predicted molar refractivity (Wildman–Crippen MR) is 62.6 cm³/mol. The Kier molecular flexibility index (Phi) is 6.76. The van der Waals surface area contributed by atoms with Crippen LogP contribution in [0.1, 0.15) is 33.1 Å². The van der Waals surface area contributed by atoms with Crippen LogP contribution in [0.5, 0.6) is 0 Å². The summed E-state index contributed by atoms with van der Waals surface area (Å²) < 4.78 is 24.8. The van der Waals surface area contributed by atoms with E-state index in [9.17, 15) is 13.2 Å². The summed E-state index contributed by atoms with van der Waals surface area (Å²) in [5.41, 5.74) is 0. The molecule has 2 atom stereocenters. The Morgan fingerprint density at radius 2 is 2.00 bits per heavy atom.